The van der Waals surface area contributed by atoms with E-state index in [0.29, 0.717) is 12.0 Å². The highest BCUT2D eigenvalue weighted by Crippen LogP contribution is 2.14. The van der Waals surface area contributed by atoms with Crippen molar-refractivity contribution in [2.75, 3.05) is 0 Å². The molecule has 1 unspecified atom stereocenters. The summed E-state index contributed by atoms with van der Waals surface area (Å²) in [6, 6.07) is 14.8. The van der Waals surface area contributed by atoms with Crippen LogP contribution in [0.2, 0.25) is 0 Å². The number of amides is 1. The van der Waals surface area contributed by atoms with E-state index in [4.69, 9.17) is 0 Å². The molecule has 2 aromatic rings. The minimum absolute atomic E-state index is 0.0426. The Hall–Kier alpha value is -2.16. The number of benzene rings is 2. The van der Waals surface area contributed by atoms with E-state index in [-0.39, 0.29) is 24.2 Å². The van der Waals surface area contributed by atoms with Gasteiger partial charge in [0, 0.05) is 6.42 Å². The van der Waals surface area contributed by atoms with Gasteiger partial charge in [-0.15, -0.1) is 0 Å². The Labute approximate surface area is 131 Å². The number of carbonyl (C=O) groups excluding carboxylic acids is 1. The number of hydrogen-bond acceptors (Lipinski definition) is 1. The maximum atomic E-state index is 13.5. The van der Waals surface area contributed by atoms with Gasteiger partial charge in [-0.05, 0) is 42.5 Å². The zero-order chi connectivity index (χ0) is 15.9. The molecule has 2 nitrogen and oxygen atoms in total. The molecule has 0 radical (unpaired) electrons. The van der Waals surface area contributed by atoms with Crippen molar-refractivity contribution in [2.24, 2.45) is 0 Å². The maximum absolute atomic E-state index is 13.5. The predicted octanol–water partition coefficient (Wildman–Crippen LogP) is 4.20. The SMILES string of the molecule is CCc1ccc(C(C)NC(=O)CCc2ccccc2F)cc1. The molecule has 0 saturated carbocycles. The Morgan fingerprint density at radius 3 is 2.45 bits per heavy atom. The lowest BCUT2D eigenvalue weighted by Crippen LogP contribution is -2.26. The molecule has 0 fully saturated rings. The van der Waals surface area contributed by atoms with Gasteiger partial charge in [-0.25, -0.2) is 4.39 Å². The van der Waals surface area contributed by atoms with Crippen molar-refractivity contribution in [3.8, 4) is 0 Å². The number of halogens is 1. The molecule has 0 saturated heterocycles. The van der Waals surface area contributed by atoms with Gasteiger partial charge < -0.3 is 5.32 Å². The van der Waals surface area contributed by atoms with Crippen molar-refractivity contribution in [1.82, 2.24) is 5.32 Å². The molecular formula is C19H22FNO. The molecule has 0 aromatic heterocycles. The fraction of sp³-hybridized carbons (Fsp3) is 0.316. The summed E-state index contributed by atoms with van der Waals surface area (Å²) in [6.45, 7) is 4.07. The van der Waals surface area contributed by atoms with Crippen molar-refractivity contribution in [3.05, 3.63) is 71.0 Å². The minimum atomic E-state index is -0.251. The molecule has 0 aliphatic heterocycles. The van der Waals surface area contributed by atoms with Crippen LogP contribution in [-0.2, 0) is 17.6 Å². The Morgan fingerprint density at radius 2 is 1.82 bits per heavy atom. The highest BCUT2D eigenvalue weighted by Gasteiger charge is 2.10. The summed E-state index contributed by atoms with van der Waals surface area (Å²) >= 11 is 0. The first-order valence-corrected chi connectivity index (χ1v) is 7.71. The van der Waals surface area contributed by atoms with Crippen LogP contribution in [0.5, 0.6) is 0 Å². The van der Waals surface area contributed by atoms with Crippen LogP contribution in [0, 0.1) is 5.82 Å². The van der Waals surface area contributed by atoms with Crippen LogP contribution in [0.3, 0.4) is 0 Å². The fourth-order valence-electron chi connectivity index (χ4n) is 2.39. The predicted molar refractivity (Wildman–Crippen MR) is 87.1 cm³/mol. The highest BCUT2D eigenvalue weighted by molar-refractivity contribution is 5.76. The topological polar surface area (TPSA) is 29.1 Å². The summed E-state index contributed by atoms with van der Waals surface area (Å²) in [6.07, 6.45) is 1.71. The normalized spacial score (nSPS) is 12.0. The maximum Gasteiger partial charge on any atom is 0.220 e. The molecule has 3 heteroatoms. The Morgan fingerprint density at radius 1 is 1.14 bits per heavy atom. The van der Waals surface area contributed by atoms with Crippen molar-refractivity contribution in [1.29, 1.82) is 0 Å². The van der Waals surface area contributed by atoms with Crippen molar-refractivity contribution in [2.45, 2.75) is 39.2 Å². The molecule has 0 bridgehead atoms. The first-order chi connectivity index (χ1) is 10.6. The summed E-state index contributed by atoms with van der Waals surface area (Å²) in [5.41, 5.74) is 2.94. The first kappa shape index (κ1) is 16.2. The molecule has 0 aliphatic rings. The van der Waals surface area contributed by atoms with Gasteiger partial charge in [-0.1, -0.05) is 49.4 Å². The summed E-state index contributed by atoms with van der Waals surface area (Å²) in [4.78, 5) is 12.0. The zero-order valence-electron chi connectivity index (χ0n) is 13.1. The monoisotopic (exact) mass is 299 g/mol. The number of nitrogens with one attached hydrogen (secondary N) is 1. The third-order valence-corrected chi connectivity index (χ3v) is 3.84. The lowest BCUT2D eigenvalue weighted by atomic mass is 10.0. The number of carbonyl (C=O) groups is 1. The summed E-state index contributed by atoms with van der Waals surface area (Å²) in [7, 11) is 0. The van der Waals surface area contributed by atoms with Gasteiger partial charge in [0.05, 0.1) is 6.04 Å². The highest BCUT2D eigenvalue weighted by atomic mass is 19.1. The van der Waals surface area contributed by atoms with Gasteiger partial charge >= 0.3 is 0 Å². The van der Waals surface area contributed by atoms with E-state index < -0.39 is 0 Å². The Kier molecular flexibility index (Phi) is 5.70. The number of hydrogen-bond donors (Lipinski definition) is 1. The molecule has 1 N–H and O–H groups in total. The Balaban J connectivity index is 1.87. The molecule has 0 spiro atoms. The molecule has 0 aliphatic carbocycles. The number of rotatable bonds is 6. The van der Waals surface area contributed by atoms with Crippen LogP contribution < -0.4 is 5.32 Å². The Bertz CT molecular complexity index is 622. The van der Waals surface area contributed by atoms with Gasteiger partial charge in [0.15, 0.2) is 0 Å². The van der Waals surface area contributed by atoms with Crippen LogP contribution in [0.15, 0.2) is 48.5 Å². The lowest BCUT2D eigenvalue weighted by Gasteiger charge is -2.15. The van der Waals surface area contributed by atoms with Gasteiger partial charge in [0.1, 0.15) is 5.82 Å². The molecule has 22 heavy (non-hydrogen) atoms. The standard InChI is InChI=1S/C19H22FNO/c1-3-15-8-10-16(11-9-15)14(2)21-19(22)13-12-17-6-4-5-7-18(17)20/h4-11,14H,3,12-13H2,1-2H3,(H,21,22). The van der Waals surface area contributed by atoms with E-state index in [0.717, 1.165) is 12.0 Å². The second-order valence-corrected chi connectivity index (χ2v) is 5.48. The van der Waals surface area contributed by atoms with Crippen molar-refractivity contribution >= 4 is 5.91 Å². The van der Waals surface area contributed by atoms with Gasteiger partial charge in [0.2, 0.25) is 5.91 Å². The van der Waals surface area contributed by atoms with E-state index in [1.165, 1.54) is 11.6 Å². The first-order valence-electron chi connectivity index (χ1n) is 7.71. The van der Waals surface area contributed by atoms with Crippen LogP contribution in [0.25, 0.3) is 0 Å². The smallest absolute Gasteiger partial charge is 0.220 e. The average molecular weight is 299 g/mol. The summed E-state index contributed by atoms with van der Waals surface area (Å²) < 4.78 is 13.5. The van der Waals surface area contributed by atoms with Gasteiger partial charge in [-0.3, -0.25) is 4.79 Å². The second kappa shape index (κ2) is 7.74. The van der Waals surface area contributed by atoms with E-state index >= 15 is 0 Å². The van der Waals surface area contributed by atoms with E-state index in [9.17, 15) is 9.18 Å². The lowest BCUT2D eigenvalue weighted by molar-refractivity contribution is -0.121. The summed E-state index contributed by atoms with van der Waals surface area (Å²) in [5.74, 6) is -0.311. The van der Waals surface area contributed by atoms with E-state index in [2.05, 4.69) is 24.4 Å². The van der Waals surface area contributed by atoms with Crippen LogP contribution in [-0.4, -0.2) is 5.91 Å². The van der Waals surface area contributed by atoms with Gasteiger partial charge in [-0.2, -0.15) is 0 Å². The largest absolute Gasteiger partial charge is 0.350 e. The number of aryl methyl sites for hydroxylation is 2. The summed E-state index contributed by atoms with van der Waals surface area (Å²) in [5, 5.41) is 2.96. The van der Waals surface area contributed by atoms with Crippen LogP contribution in [0.4, 0.5) is 4.39 Å². The third-order valence-electron chi connectivity index (χ3n) is 3.84. The van der Waals surface area contributed by atoms with Gasteiger partial charge in [0.25, 0.3) is 0 Å². The molecule has 2 rings (SSSR count). The van der Waals surface area contributed by atoms with E-state index in [1.54, 1.807) is 18.2 Å². The third kappa shape index (κ3) is 4.42. The van der Waals surface area contributed by atoms with Crippen LogP contribution >= 0.6 is 0 Å². The molecule has 1 amide bonds. The molecule has 0 heterocycles. The average Bonchev–Trinajstić information content (AvgIpc) is 2.54. The van der Waals surface area contributed by atoms with Crippen molar-refractivity contribution in [3.63, 3.8) is 0 Å². The molecule has 1 atom stereocenters. The molecule has 116 valence electrons. The minimum Gasteiger partial charge on any atom is -0.350 e. The molecular weight excluding hydrogens is 277 g/mol. The quantitative estimate of drug-likeness (QED) is 0.851. The van der Waals surface area contributed by atoms with Crippen molar-refractivity contribution < 1.29 is 9.18 Å². The second-order valence-electron chi connectivity index (χ2n) is 5.48. The molecule has 2 aromatic carbocycles. The van der Waals surface area contributed by atoms with E-state index in [1.807, 2.05) is 19.1 Å². The zero-order valence-corrected chi connectivity index (χ0v) is 13.1. The van der Waals surface area contributed by atoms with Crippen LogP contribution in [0.1, 0.15) is 43.0 Å². The fourth-order valence-corrected chi connectivity index (χ4v) is 2.39.